The van der Waals surface area contributed by atoms with Crippen molar-refractivity contribution in [2.75, 3.05) is 0 Å². The average molecular weight is 462 g/mol. The quantitative estimate of drug-likeness (QED) is 0.0958. The number of aromatic nitrogens is 2. The molecule has 0 aliphatic carbocycles. The summed E-state index contributed by atoms with van der Waals surface area (Å²) in [5, 5.41) is 0. The minimum atomic E-state index is 1.20. The molecule has 0 aliphatic rings. The van der Waals surface area contributed by atoms with E-state index in [1.807, 2.05) is 0 Å². The number of imidazole rings is 1. The maximum Gasteiger partial charge on any atom is 0.243 e. The highest BCUT2D eigenvalue weighted by atomic mass is 15.1. The molecular formula is C31H61N2+. The zero-order valence-corrected chi connectivity index (χ0v) is 23.0. The number of hydrogen-bond donors (Lipinski definition) is 0. The fourth-order valence-electron chi connectivity index (χ4n) is 4.97. The molecule has 2 heteroatoms. The predicted octanol–water partition coefficient (Wildman–Crippen LogP) is 10.2. The highest BCUT2D eigenvalue weighted by molar-refractivity contribution is 4.66. The van der Waals surface area contributed by atoms with E-state index in [4.69, 9.17) is 0 Å². The van der Waals surface area contributed by atoms with Gasteiger partial charge in [-0.25, -0.2) is 9.13 Å². The van der Waals surface area contributed by atoms with Gasteiger partial charge < -0.3 is 0 Å². The van der Waals surface area contributed by atoms with Crippen LogP contribution in [0.5, 0.6) is 0 Å². The van der Waals surface area contributed by atoms with Crippen LogP contribution < -0.4 is 4.57 Å². The molecule has 0 aliphatic heterocycles. The third kappa shape index (κ3) is 20.3. The van der Waals surface area contributed by atoms with Gasteiger partial charge in [0.05, 0.1) is 13.1 Å². The lowest BCUT2D eigenvalue weighted by Gasteiger charge is -2.03. The van der Waals surface area contributed by atoms with Gasteiger partial charge in [0.15, 0.2) is 0 Å². The van der Waals surface area contributed by atoms with Crippen LogP contribution in [0.15, 0.2) is 18.7 Å². The van der Waals surface area contributed by atoms with E-state index < -0.39 is 0 Å². The van der Waals surface area contributed by atoms with Gasteiger partial charge in [-0.1, -0.05) is 142 Å². The largest absolute Gasteiger partial charge is 0.243 e. The van der Waals surface area contributed by atoms with E-state index in [2.05, 4.69) is 41.7 Å². The van der Waals surface area contributed by atoms with E-state index in [0.29, 0.717) is 0 Å². The van der Waals surface area contributed by atoms with Gasteiger partial charge in [0.1, 0.15) is 12.4 Å². The van der Waals surface area contributed by atoms with E-state index in [9.17, 15) is 0 Å². The maximum absolute atomic E-state index is 2.40. The Morgan fingerprint density at radius 3 is 1.24 bits per heavy atom. The number of nitrogens with zero attached hydrogens (tertiary/aromatic N) is 2. The molecule has 1 aromatic heterocycles. The Kier molecular flexibility index (Phi) is 22.3. The Bertz CT molecular complexity index is 493. The Morgan fingerprint density at radius 1 is 0.455 bits per heavy atom. The van der Waals surface area contributed by atoms with Gasteiger partial charge in [0.25, 0.3) is 0 Å². The third-order valence-electron chi connectivity index (χ3n) is 7.29. The molecule has 1 aromatic rings. The molecule has 0 spiro atoms. The van der Waals surface area contributed by atoms with Crippen LogP contribution in [0.1, 0.15) is 168 Å². The van der Waals surface area contributed by atoms with E-state index in [-0.39, 0.29) is 0 Å². The number of aryl methyl sites for hydroxylation is 2. The lowest BCUT2D eigenvalue weighted by Crippen LogP contribution is -2.30. The molecule has 1 heterocycles. The lowest BCUT2D eigenvalue weighted by molar-refractivity contribution is -0.696. The molecule has 33 heavy (non-hydrogen) atoms. The van der Waals surface area contributed by atoms with Crippen molar-refractivity contribution >= 4 is 0 Å². The van der Waals surface area contributed by atoms with Crippen LogP contribution in [0.25, 0.3) is 0 Å². The summed E-state index contributed by atoms with van der Waals surface area (Å²) in [5.41, 5.74) is 0. The molecule has 0 amide bonds. The minimum Gasteiger partial charge on any atom is -0.237 e. The predicted molar refractivity (Wildman–Crippen MR) is 147 cm³/mol. The zero-order chi connectivity index (χ0) is 23.7. The fourth-order valence-corrected chi connectivity index (χ4v) is 4.97. The summed E-state index contributed by atoms with van der Waals surface area (Å²) in [7, 11) is 0. The Hall–Kier alpha value is -0.790. The molecule has 0 unspecified atom stereocenters. The summed E-state index contributed by atoms with van der Waals surface area (Å²) in [5.74, 6) is 0. The summed E-state index contributed by atoms with van der Waals surface area (Å²) in [6.45, 7) is 6.99. The highest BCUT2D eigenvalue weighted by Crippen LogP contribution is 2.13. The second-order valence-electron chi connectivity index (χ2n) is 10.7. The van der Waals surface area contributed by atoms with E-state index in [0.717, 1.165) is 0 Å². The van der Waals surface area contributed by atoms with Gasteiger partial charge >= 0.3 is 0 Å². The van der Waals surface area contributed by atoms with Crippen molar-refractivity contribution in [2.45, 2.75) is 181 Å². The molecule has 1 rings (SSSR count). The molecule has 0 saturated carbocycles. The summed E-state index contributed by atoms with van der Waals surface area (Å²) in [6.07, 6.45) is 41.2. The Labute approximate surface area is 208 Å². The molecule has 0 fully saturated rings. The molecule has 0 radical (unpaired) electrons. The second-order valence-corrected chi connectivity index (χ2v) is 10.7. The van der Waals surface area contributed by atoms with Gasteiger partial charge in [-0.3, -0.25) is 0 Å². The second kappa shape index (κ2) is 24.3. The van der Waals surface area contributed by atoms with Crippen LogP contribution in [-0.4, -0.2) is 4.57 Å². The van der Waals surface area contributed by atoms with Crippen molar-refractivity contribution < 1.29 is 4.57 Å². The molecular weight excluding hydrogens is 400 g/mol. The van der Waals surface area contributed by atoms with Gasteiger partial charge in [-0.2, -0.15) is 0 Å². The summed E-state index contributed by atoms with van der Waals surface area (Å²) in [6, 6.07) is 0. The van der Waals surface area contributed by atoms with Gasteiger partial charge in [-0.15, -0.1) is 0 Å². The van der Waals surface area contributed by atoms with Gasteiger partial charge in [-0.05, 0) is 25.7 Å². The highest BCUT2D eigenvalue weighted by Gasteiger charge is 2.03. The average Bonchev–Trinajstić information content (AvgIpc) is 3.28. The molecule has 0 saturated heterocycles. The third-order valence-corrected chi connectivity index (χ3v) is 7.29. The smallest absolute Gasteiger partial charge is 0.237 e. The number of unbranched alkanes of at least 4 members (excludes halogenated alkanes) is 22. The number of hydrogen-bond acceptors (Lipinski definition) is 0. The first-order chi connectivity index (χ1) is 16.4. The van der Waals surface area contributed by atoms with E-state index in [1.165, 1.54) is 167 Å². The van der Waals surface area contributed by atoms with Crippen molar-refractivity contribution in [3.05, 3.63) is 18.7 Å². The summed E-state index contributed by atoms with van der Waals surface area (Å²) < 4.78 is 4.80. The van der Waals surface area contributed by atoms with Crippen LogP contribution in [0.2, 0.25) is 0 Å². The first-order valence-corrected chi connectivity index (χ1v) is 15.4. The van der Waals surface area contributed by atoms with Gasteiger partial charge in [0, 0.05) is 0 Å². The van der Waals surface area contributed by atoms with Crippen molar-refractivity contribution in [2.24, 2.45) is 0 Å². The SMILES string of the molecule is CCCCCCCCCCCCCCCn1cc[n+](CCCCCCCCCCCCC)c1. The Balaban J connectivity index is 1.84. The maximum atomic E-state index is 2.40. The number of rotatable bonds is 26. The molecule has 0 atom stereocenters. The van der Waals surface area contributed by atoms with Crippen LogP contribution in [-0.2, 0) is 13.1 Å². The molecule has 0 bridgehead atoms. The normalized spacial score (nSPS) is 11.5. The van der Waals surface area contributed by atoms with Crippen molar-refractivity contribution in [3.63, 3.8) is 0 Å². The minimum absolute atomic E-state index is 1.20. The first-order valence-electron chi connectivity index (χ1n) is 15.4. The van der Waals surface area contributed by atoms with Crippen LogP contribution >= 0.6 is 0 Å². The van der Waals surface area contributed by atoms with Crippen molar-refractivity contribution in [1.29, 1.82) is 0 Å². The van der Waals surface area contributed by atoms with Gasteiger partial charge in [0.2, 0.25) is 6.33 Å². The first kappa shape index (κ1) is 30.2. The summed E-state index contributed by atoms with van der Waals surface area (Å²) >= 11 is 0. The fraction of sp³-hybridized carbons (Fsp3) is 0.903. The topological polar surface area (TPSA) is 8.81 Å². The van der Waals surface area contributed by atoms with Crippen molar-refractivity contribution in [1.82, 2.24) is 4.57 Å². The molecule has 194 valence electrons. The lowest BCUT2D eigenvalue weighted by atomic mass is 10.0. The monoisotopic (exact) mass is 461 g/mol. The van der Waals surface area contributed by atoms with E-state index >= 15 is 0 Å². The van der Waals surface area contributed by atoms with Crippen LogP contribution in [0.4, 0.5) is 0 Å². The van der Waals surface area contributed by atoms with Crippen LogP contribution in [0.3, 0.4) is 0 Å². The Morgan fingerprint density at radius 2 is 0.818 bits per heavy atom. The summed E-state index contributed by atoms with van der Waals surface area (Å²) in [4.78, 5) is 0. The van der Waals surface area contributed by atoms with E-state index in [1.54, 1.807) is 0 Å². The molecule has 0 aromatic carbocycles. The van der Waals surface area contributed by atoms with Crippen molar-refractivity contribution in [3.8, 4) is 0 Å². The standard InChI is InChI=1S/C31H61N2/c1-3-5-7-9-11-13-15-16-18-20-22-24-26-28-33-30-29-32(31-33)27-25-23-21-19-17-14-12-10-8-6-4-2/h29-31H,3-28H2,1-2H3/q+1. The van der Waals surface area contributed by atoms with Crippen LogP contribution in [0, 0.1) is 0 Å². The zero-order valence-electron chi connectivity index (χ0n) is 23.0. The molecule has 2 nitrogen and oxygen atoms in total. The molecule has 0 N–H and O–H groups in total.